The fraction of sp³-hybridized carbons (Fsp3) is 0.200. The van der Waals surface area contributed by atoms with Crippen molar-refractivity contribution in [2.75, 3.05) is 19.1 Å². The molecule has 0 aliphatic heterocycles. The maximum atomic E-state index is 13.7. The van der Waals surface area contributed by atoms with Crippen LogP contribution in [0.1, 0.15) is 28.4 Å². The zero-order valence-corrected chi connectivity index (χ0v) is 22.0. The Kier molecular flexibility index (Phi) is 8.59. The Morgan fingerprint density at radius 1 is 0.973 bits per heavy atom. The lowest BCUT2D eigenvalue weighted by atomic mass is 10.0. The van der Waals surface area contributed by atoms with E-state index >= 15 is 0 Å². The summed E-state index contributed by atoms with van der Waals surface area (Å²) < 4.78 is 5.22. The fourth-order valence-electron chi connectivity index (χ4n) is 4.03. The molecule has 3 aromatic carbocycles. The maximum absolute atomic E-state index is 13.7. The van der Waals surface area contributed by atoms with Crippen LogP contribution >= 0.6 is 11.3 Å². The minimum Gasteiger partial charge on any atom is -0.497 e. The van der Waals surface area contributed by atoms with Gasteiger partial charge < -0.3 is 10.1 Å². The Bertz CT molecular complexity index is 1320. The molecule has 1 heterocycles. The predicted molar refractivity (Wildman–Crippen MR) is 150 cm³/mol. The molecule has 0 fully saturated rings. The van der Waals surface area contributed by atoms with Crippen molar-refractivity contribution in [3.8, 4) is 16.9 Å². The van der Waals surface area contributed by atoms with Crippen LogP contribution in [0.15, 0.2) is 89.6 Å². The van der Waals surface area contributed by atoms with Gasteiger partial charge in [0.2, 0.25) is 0 Å². The van der Waals surface area contributed by atoms with Crippen LogP contribution in [-0.4, -0.2) is 36.5 Å². The Morgan fingerprint density at radius 3 is 2.35 bits per heavy atom. The van der Waals surface area contributed by atoms with Gasteiger partial charge in [-0.25, -0.2) is 0 Å². The molecule has 0 aliphatic carbocycles. The molecule has 0 radical (unpaired) electrons. The summed E-state index contributed by atoms with van der Waals surface area (Å²) in [6.07, 6.45) is 0.362. The van der Waals surface area contributed by atoms with E-state index in [-0.39, 0.29) is 11.8 Å². The molecule has 1 unspecified atom stereocenters. The van der Waals surface area contributed by atoms with Crippen molar-refractivity contribution in [2.45, 2.75) is 26.3 Å². The van der Waals surface area contributed by atoms with Crippen LogP contribution in [0.5, 0.6) is 5.75 Å². The number of thiophene rings is 1. The normalized spacial score (nSPS) is 11.4. The zero-order valence-electron chi connectivity index (χ0n) is 21.2. The monoisotopic (exact) mass is 513 g/mol. The van der Waals surface area contributed by atoms with Gasteiger partial charge in [-0.15, -0.1) is 0 Å². The molecule has 0 bridgehead atoms. The van der Waals surface area contributed by atoms with Gasteiger partial charge in [-0.05, 0) is 83.8 Å². The van der Waals surface area contributed by atoms with Crippen LogP contribution in [0.4, 0.5) is 5.69 Å². The van der Waals surface area contributed by atoms with Crippen LogP contribution in [0.3, 0.4) is 0 Å². The van der Waals surface area contributed by atoms with Gasteiger partial charge >= 0.3 is 0 Å². The number of nitrogens with one attached hydrogen (secondary N) is 2. The summed E-state index contributed by atoms with van der Waals surface area (Å²) in [4.78, 5) is 26.9. The van der Waals surface area contributed by atoms with E-state index in [1.807, 2.05) is 73.8 Å². The molecule has 1 aromatic heterocycles. The molecule has 1 atom stereocenters. The molecule has 190 valence electrons. The van der Waals surface area contributed by atoms with Crippen molar-refractivity contribution in [3.63, 3.8) is 0 Å². The predicted octanol–water partition coefficient (Wildman–Crippen LogP) is 5.95. The molecule has 7 heteroatoms. The second-order valence-electron chi connectivity index (χ2n) is 8.73. The van der Waals surface area contributed by atoms with Gasteiger partial charge in [-0.1, -0.05) is 42.0 Å². The number of likely N-dealkylation sites (N-methyl/N-ethyl adjacent to an activating group) is 1. The number of carbonyl (C=O) groups excluding carboxylic acids is 2. The summed E-state index contributed by atoms with van der Waals surface area (Å²) in [7, 11) is 1.61. The van der Waals surface area contributed by atoms with Crippen molar-refractivity contribution in [1.29, 1.82) is 0 Å². The van der Waals surface area contributed by atoms with Crippen molar-refractivity contribution < 1.29 is 14.3 Å². The number of anilines is 1. The first-order valence-electron chi connectivity index (χ1n) is 12.2. The Balaban J connectivity index is 1.56. The molecule has 4 aromatic rings. The third kappa shape index (κ3) is 6.77. The summed E-state index contributed by atoms with van der Waals surface area (Å²) in [5, 5.41) is 8.67. The third-order valence-electron chi connectivity index (χ3n) is 6.07. The van der Waals surface area contributed by atoms with Gasteiger partial charge in [0.15, 0.2) is 0 Å². The highest BCUT2D eigenvalue weighted by molar-refractivity contribution is 7.08. The average molecular weight is 514 g/mol. The largest absolute Gasteiger partial charge is 0.497 e. The van der Waals surface area contributed by atoms with Gasteiger partial charge in [-0.2, -0.15) is 11.3 Å². The number of carbonyl (C=O) groups is 2. The van der Waals surface area contributed by atoms with E-state index in [1.54, 1.807) is 24.5 Å². The van der Waals surface area contributed by atoms with E-state index in [1.165, 1.54) is 5.01 Å². The van der Waals surface area contributed by atoms with Crippen molar-refractivity contribution >= 4 is 28.8 Å². The number of amides is 2. The highest BCUT2D eigenvalue weighted by atomic mass is 32.1. The highest BCUT2D eigenvalue weighted by Gasteiger charge is 2.26. The van der Waals surface area contributed by atoms with E-state index in [4.69, 9.17) is 4.74 Å². The van der Waals surface area contributed by atoms with Crippen LogP contribution in [0.25, 0.3) is 11.1 Å². The minimum atomic E-state index is -0.759. The topological polar surface area (TPSA) is 70.7 Å². The summed E-state index contributed by atoms with van der Waals surface area (Å²) in [5.74, 6) is 0.229. The minimum absolute atomic E-state index is 0.221. The molecule has 0 saturated heterocycles. The standard InChI is InChI=1S/C30H31N3O3S/c1-4-33(32-26-12-14-27(36-3)15-13-26)30(35)28(31-29(34)24-7-5-6-21(2)18-24)19-22-8-10-23(11-9-22)25-16-17-37-20-25/h5-18,20,28,32H,4,19H2,1-3H3,(H,31,34). The Labute approximate surface area is 221 Å². The second kappa shape index (κ2) is 12.2. The summed E-state index contributed by atoms with van der Waals surface area (Å²) >= 11 is 1.66. The summed E-state index contributed by atoms with van der Waals surface area (Å²) in [5.41, 5.74) is 8.67. The van der Waals surface area contributed by atoms with Crippen molar-refractivity contribution in [1.82, 2.24) is 10.3 Å². The second-order valence-corrected chi connectivity index (χ2v) is 9.51. The van der Waals surface area contributed by atoms with Crippen LogP contribution in [0, 0.1) is 6.92 Å². The first kappa shape index (κ1) is 26.0. The lowest BCUT2D eigenvalue weighted by Crippen LogP contribution is -2.51. The lowest BCUT2D eigenvalue weighted by molar-refractivity contribution is -0.131. The number of ether oxygens (including phenoxy) is 1. The van der Waals surface area contributed by atoms with E-state index in [0.29, 0.717) is 18.5 Å². The summed E-state index contributed by atoms with van der Waals surface area (Å²) in [6, 6.07) is 24.1. The molecule has 0 saturated carbocycles. The number of hydrogen-bond donors (Lipinski definition) is 2. The van der Waals surface area contributed by atoms with Crippen molar-refractivity contribution in [3.05, 3.63) is 106 Å². The molecule has 0 spiro atoms. The lowest BCUT2D eigenvalue weighted by Gasteiger charge is -2.28. The molecule has 6 nitrogen and oxygen atoms in total. The van der Waals surface area contributed by atoms with Crippen LogP contribution in [0.2, 0.25) is 0 Å². The van der Waals surface area contributed by atoms with Gasteiger partial charge in [-0.3, -0.25) is 20.0 Å². The van der Waals surface area contributed by atoms with E-state index < -0.39 is 6.04 Å². The Hall–Kier alpha value is -4.10. The molecule has 2 amide bonds. The molecule has 37 heavy (non-hydrogen) atoms. The number of hydrazine groups is 1. The third-order valence-corrected chi connectivity index (χ3v) is 6.75. The van der Waals surface area contributed by atoms with E-state index in [0.717, 1.165) is 33.7 Å². The average Bonchev–Trinajstić information content (AvgIpc) is 3.47. The van der Waals surface area contributed by atoms with Crippen molar-refractivity contribution in [2.24, 2.45) is 0 Å². The van der Waals surface area contributed by atoms with Gasteiger partial charge in [0.25, 0.3) is 11.8 Å². The van der Waals surface area contributed by atoms with Crippen LogP contribution < -0.4 is 15.5 Å². The molecule has 2 N–H and O–H groups in total. The molecule has 0 aliphatic rings. The first-order chi connectivity index (χ1) is 18.0. The number of hydrogen-bond acceptors (Lipinski definition) is 5. The van der Waals surface area contributed by atoms with E-state index in [9.17, 15) is 9.59 Å². The smallest absolute Gasteiger partial charge is 0.263 e. The maximum Gasteiger partial charge on any atom is 0.263 e. The fourth-order valence-corrected chi connectivity index (χ4v) is 4.69. The number of methoxy groups -OCH3 is 1. The van der Waals surface area contributed by atoms with Crippen LogP contribution in [-0.2, 0) is 11.2 Å². The van der Waals surface area contributed by atoms with Gasteiger partial charge in [0.1, 0.15) is 11.8 Å². The van der Waals surface area contributed by atoms with Gasteiger partial charge in [0.05, 0.1) is 12.8 Å². The molecule has 4 rings (SSSR count). The van der Waals surface area contributed by atoms with Gasteiger partial charge in [0, 0.05) is 18.5 Å². The quantitative estimate of drug-likeness (QED) is 0.257. The highest BCUT2D eigenvalue weighted by Crippen LogP contribution is 2.23. The first-order valence-corrected chi connectivity index (χ1v) is 13.1. The Morgan fingerprint density at radius 2 is 1.73 bits per heavy atom. The summed E-state index contributed by atoms with van der Waals surface area (Å²) in [6.45, 7) is 4.24. The van der Waals surface area contributed by atoms with E-state index in [2.05, 4.69) is 34.3 Å². The number of benzene rings is 3. The number of rotatable bonds is 10. The SMILES string of the molecule is CCN(Nc1ccc(OC)cc1)C(=O)C(Cc1ccc(-c2ccsc2)cc1)NC(=O)c1cccc(C)c1. The number of nitrogens with zero attached hydrogens (tertiary/aromatic N) is 1. The zero-order chi connectivity index (χ0) is 26.2. The number of aryl methyl sites for hydroxylation is 1. The molecular formula is C30H31N3O3S. The molecular weight excluding hydrogens is 482 g/mol.